The largest absolute Gasteiger partial charge is 0.386 e. The minimum absolute atomic E-state index is 0.142. The summed E-state index contributed by atoms with van der Waals surface area (Å²) in [7, 11) is 0. The topological polar surface area (TPSA) is 49.3 Å². The zero-order valence-electron chi connectivity index (χ0n) is 17.3. The number of rotatable bonds is 2. The summed E-state index contributed by atoms with van der Waals surface area (Å²) in [5.74, 6) is 6.48. The lowest BCUT2D eigenvalue weighted by atomic mass is 9.41. The second-order valence-corrected chi connectivity index (χ2v) is 10.6. The summed E-state index contributed by atoms with van der Waals surface area (Å²) >= 11 is 0. The lowest BCUT2D eigenvalue weighted by Crippen LogP contribution is -2.59. The van der Waals surface area contributed by atoms with Gasteiger partial charge in [-0.2, -0.15) is 0 Å². The van der Waals surface area contributed by atoms with Crippen molar-refractivity contribution >= 4 is 5.91 Å². The minimum atomic E-state index is -0.593. The smallest absolute Gasteiger partial charge is 0.295 e. The van der Waals surface area contributed by atoms with Crippen molar-refractivity contribution in [3.63, 3.8) is 0 Å². The van der Waals surface area contributed by atoms with E-state index in [1.165, 1.54) is 32.1 Å². The molecule has 1 amide bonds. The molecule has 4 saturated carbocycles. The molecule has 2 unspecified atom stereocenters. The Hall–Kier alpha value is -1.27. The summed E-state index contributed by atoms with van der Waals surface area (Å²) in [5, 5.41) is 14.1. The minimum Gasteiger partial charge on any atom is -0.386 e. The quantitative estimate of drug-likeness (QED) is 0.566. The zero-order valence-corrected chi connectivity index (χ0v) is 17.3. The average Bonchev–Trinajstić information content (AvgIpc) is 2.77. The molecule has 3 nitrogen and oxygen atoms in total. The molecular weight excluding hydrogens is 334 g/mol. The van der Waals surface area contributed by atoms with Crippen LogP contribution in [-0.2, 0) is 4.79 Å². The van der Waals surface area contributed by atoms with Crippen molar-refractivity contribution in [3.8, 4) is 11.8 Å². The van der Waals surface area contributed by atoms with Crippen LogP contribution in [0.25, 0.3) is 0 Å². The van der Waals surface area contributed by atoms with Gasteiger partial charge in [0.25, 0.3) is 5.91 Å². The fraction of sp³-hybridized carbons (Fsp3) is 0.792. The molecule has 27 heavy (non-hydrogen) atoms. The van der Waals surface area contributed by atoms with Crippen LogP contribution in [0.5, 0.6) is 0 Å². The van der Waals surface area contributed by atoms with Gasteiger partial charge in [0.1, 0.15) is 0 Å². The van der Waals surface area contributed by atoms with Crippen molar-refractivity contribution in [1.82, 2.24) is 5.32 Å². The first-order chi connectivity index (χ1) is 12.7. The molecule has 0 aromatic heterocycles. The van der Waals surface area contributed by atoms with Crippen molar-refractivity contribution in [2.75, 3.05) is 6.54 Å². The molecule has 0 aromatic rings. The molecular formula is C24H35NO2. The number of amides is 1. The fourth-order valence-corrected chi connectivity index (χ4v) is 8.14. The van der Waals surface area contributed by atoms with Gasteiger partial charge in [-0.3, -0.25) is 4.79 Å². The van der Waals surface area contributed by atoms with Crippen LogP contribution in [0.15, 0.2) is 12.2 Å². The maximum atomic E-state index is 11.9. The summed E-state index contributed by atoms with van der Waals surface area (Å²) in [4.78, 5) is 11.9. The number of nitrogens with one attached hydrogen (secondary N) is 1. The molecule has 2 N–H and O–H groups in total. The monoisotopic (exact) mass is 369 g/mol. The Balaban J connectivity index is 1.61. The van der Waals surface area contributed by atoms with Crippen LogP contribution >= 0.6 is 0 Å². The van der Waals surface area contributed by atoms with E-state index in [2.05, 4.69) is 37.6 Å². The highest BCUT2D eigenvalue weighted by atomic mass is 16.3. The summed E-state index contributed by atoms with van der Waals surface area (Å²) in [5.41, 5.74) is 1.21. The number of carbonyl (C=O) groups is 1. The van der Waals surface area contributed by atoms with Crippen molar-refractivity contribution in [3.05, 3.63) is 12.2 Å². The van der Waals surface area contributed by atoms with Gasteiger partial charge in [-0.05, 0) is 97.9 Å². The van der Waals surface area contributed by atoms with Gasteiger partial charge in [-0.1, -0.05) is 32.8 Å². The summed E-state index contributed by atoms with van der Waals surface area (Å²) in [6, 6.07) is 0. The lowest BCUT2D eigenvalue weighted by molar-refractivity contribution is -0.163. The molecule has 0 heterocycles. The standard InChI is InChI=1S/C24H35NO2/c1-5-7-20(26)25-16-21(3)10-6-11-22(4)18(21)8-12-23-14-17(2)24(27,15-23)13-9-19(22)23/h18-19,27H,2,6,8-16H2,1,3-4H3,(H,25,26)/t18?,19?,21-,22+,23+,24-/m0/s1. The van der Waals surface area contributed by atoms with E-state index in [-0.39, 0.29) is 16.7 Å². The van der Waals surface area contributed by atoms with Crippen LogP contribution in [0, 0.1) is 39.9 Å². The Kier molecular flexibility index (Phi) is 4.32. The van der Waals surface area contributed by atoms with Crippen LogP contribution in [-0.4, -0.2) is 23.2 Å². The van der Waals surface area contributed by atoms with Crippen LogP contribution in [0.4, 0.5) is 0 Å². The molecule has 0 aliphatic heterocycles. The highest BCUT2D eigenvalue weighted by Crippen LogP contribution is 2.72. The molecule has 0 radical (unpaired) electrons. The van der Waals surface area contributed by atoms with Gasteiger partial charge in [0.2, 0.25) is 0 Å². The van der Waals surface area contributed by atoms with E-state index in [9.17, 15) is 9.90 Å². The van der Waals surface area contributed by atoms with Crippen LogP contribution in [0.2, 0.25) is 0 Å². The highest BCUT2D eigenvalue weighted by Gasteiger charge is 2.66. The average molecular weight is 370 g/mol. The van der Waals surface area contributed by atoms with Crippen molar-refractivity contribution in [2.45, 2.75) is 84.2 Å². The maximum Gasteiger partial charge on any atom is 0.295 e. The van der Waals surface area contributed by atoms with E-state index in [1.54, 1.807) is 6.92 Å². The highest BCUT2D eigenvalue weighted by molar-refractivity contribution is 5.93. The number of aliphatic hydroxyl groups is 1. The van der Waals surface area contributed by atoms with Gasteiger partial charge in [0.05, 0.1) is 5.60 Å². The Morgan fingerprint density at radius 2 is 1.96 bits per heavy atom. The van der Waals surface area contributed by atoms with E-state index < -0.39 is 5.60 Å². The van der Waals surface area contributed by atoms with Gasteiger partial charge in [0, 0.05) is 6.54 Å². The molecule has 3 heteroatoms. The first kappa shape index (κ1) is 19.1. The normalized spacial score (nSPS) is 48.1. The molecule has 1 spiro atoms. The predicted molar refractivity (Wildman–Crippen MR) is 108 cm³/mol. The molecule has 4 aliphatic carbocycles. The number of carbonyl (C=O) groups excluding carboxylic acids is 1. The van der Waals surface area contributed by atoms with E-state index in [0.717, 1.165) is 37.8 Å². The number of hydrogen-bond acceptors (Lipinski definition) is 2. The molecule has 4 fully saturated rings. The van der Waals surface area contributed by atoms with E-state index in [1.807, 2.05) is 0 Å². The van der Waals surface area contributed by atoms with Crippen LogP contribution in [0.3, 0.4) is 0 Å². The van der Waals surface area contributed by atoms with Gasteiger partial charge >= 0.3 is 0 Å². The van der Waals surface area contributed by atoms with E-state index in [4.69, 9.17) is 0 Å². The number of fused-ring (bicyclic) bond motifs is 3. The SMILES string of the molecule is C=C1C[C@@]23CCC4[C@](C)(CNC(=O)C#CC)CCC[C@@]4(C)C2CC[C@]1(O)C3. The maximum absolute atomic E-state index is 11.9. The first-order valence-corrected chi connectivity index (χ1v) is 10.8. The molecule has 148 valence electrons. The fourth-order valence-electron chi connectivity index (χ4n) is 8.14. The molecule has 6 atom stereocenters. The van der Waals surface area contributed by atoms with Gasteiger partial charge in [-0.15, -0.1) is 0 Å². The Morgan fingerprint density at radius 3 is 2.70 bits per heavy atom. The Bertz CT molecular complexity index is 732. The summed E-state index contributed by atoms with van der Waals surface area (Å²) in [6.07, 6.45) is 10.1. The molecule has 0 aromatic carbocycles. The van der Waals surface area contributed by atoms with Crippen LogP contribution < -0.4 is 5.32 Å². The predicted octanol–water partition coefficient (Wildman–Crippen LogP) is 4.21. The van der Waals surface area contributed by atoms with Crippen LogP contribution in [0.1, 0.15) is 78.6 Å². The van der Waals surface area contributed by atoms with Crippen molar-refractivity contribution in [1.29, 1.82) is 0 Å². The molecule has 4 aliphatic rings. The third-order valence-electron chi connectivity index (χ3n) is 9.17. The first-order valence-electron chi connectivity index (χ1n) is 10.8. The van der Waals surface area contributed by atoms with Crippen molar-refractivity contribution in [2.24, 2.45) is 28.1 Å². The Labute approximate surface area is 164 Å². The van der Waals surface area contributed by atoms with Gasteiger partial charge in [0.15, 0.2) is 0 Å². The third-order valence-corrected chi connectivity index (χ3v) is 9.17. The Morgan fingerprint density at radius 1 is 1.22 bits per heavy atom. The van der Waals surface area contributed by atoms with Gasteiger partial charge in [-0.25, -0.2) is 0 Å². The lowest BCUT2D eigenvalue weighted by Gasteiger charge is -2.64. The zero-order chi connectivity index (χ0) is 19.5. The summed E-state index contributed by atoms with van der Waals surface area (Å²) < 4.78 is 0. The summed E-state index contributed by atoms with van der Waals surface area (Å²) in [6.45, 7) is 11.6. The van der Waals surface area contributed by atoms with E-state index in [0.29, 0.717) is 17.3 Å². The van der Waals surface area contributed by atoms with Crippen molar-refractivity contribution < 1.29 is 9.90 Å². The third kappa shape index (κ3) is 2.70. The number of hydrogen-bond donors (Lipinski definition) is 2. The second kappa shape index (κ2) is 6.11. The van der Waals surface area contributed by atoms with E-state index >= 15 is 0 Å². The molecule has 2 bridgehead atoms. The second-order valence-electron chi connectivity index (χ2n) is 10.6. The molecule has 4 rings (SSSR count). The van der Waals surface area contributed by atoms with Gasteiger partial charge < -0.3 is 10.4 Å². The molecule has 0 saturated heterocycles.